The SMILES string of the molecule is CCN(CC)CCN(CCCN)C1CCC1. The van der Waals surface area contributed by atoms with Gasteiger partial charge in [0.25, 0.3) is 0 Å². The summed E-state index contributed by atoms with van der Waals surface area (Å²) in [5, 5.41) is 0. The van der Waals surface area contributed by atoms with E-state index in [1.807, 2.05) is 0 Å². The van der Waals surface area contributed by atoms with Gasteiger partial charge in [-0.2, -0.15) is 0 Å². The topological polar surface area (TPSA) is 32.5 Å². The molecule has 0 atom stereocenters. The molecule has 1 aliphatic rings. The van der Waals surface area contributed by atoms with Gasteiger partial charge in [0.2, 0.25) is 0 Å². The molecule has 3 heteroatoms. The second kappa shape index (κ2) is 8.04. The normalized spacial score (nSPS) is 17.1. The van der Waals surface area contributed by atoms with Crippen LogP contribution in [0.5, 0.6) is 0 Å². The van der Waals surface area contributed by atoms with Crippen LogP contribution in [0, 0.1) is 0 Å². The van der Waals surface area contributed by atoms with Crippen molar-refractivity contribution in [1.29, 1.82) is 0 Å². The summed E-state index contributed by atoms with van der Waals surface area (Å²) in [6, 6.07) is 0.863. The lowest BCUT2D eigenvalue weighted by molar-refractivity contribution is 0.110. The van der Waals surface area contributed by atoms with Crippen LogP contribution in [0.15, 0.2) is 0 Å². The molecule has 2 N–H and O–H groups in total. The van der Waals surface area contributed by atoms with E-state index in [2.05, 4.69) is 23.6 Å². The van der Waals surface area contributed by atoms with Gasteiger partial charge in [0.15, 0.2) is 0 Å². The Labute approximate surface area is 101 Å². The Morgan fingerprint density at radius 2 is 1.75 bits per heavy atom. The van der Waals surface area contributed by atoms with Crippen molar-refractivity contribution >= 4 is 0 Å². The van der Waals surface area contributed by atoms with E-state index in [-0.39, 0.29) is 0 Å². The van der Waals surface area contributed by atoms with Crippen molar-refractivity contribution in [2.75, 3.05) is 39.3 Å². The minimum Gasteiger partial charge on any atom is -0.330 e. The van der Waals surface area contributed by atoms with Crippen LogP contribution in [-0.4, -0.2) is 55.1 Å². The van der Waals surface area contributed by atoms with E-state index >= 15 is 0 Å². The number of hydrogen-bond donors (Lipinski definition) is 1. The number of rotatable bonds is 9. The first-order chi connectivity index (χ1) is 7.81. The summed E-state index contributed by atoms with van der Waals surface area (Å²) in [6.45, 7) is 11.3. The Bertz CT molecular complexity index is 165. The van der Waals surface area contributed by atoms with Crippen LogP contribution in [0.3, 0.4) is 0 Å². The van der Waals surface area contributed by atoms with Gasteiger partial charge in [-0.15, -0.1) is 0 Å². The second-order valence-corrected chi connectivity index (χ2v) is 4.79. The first kappa shape index (κ1) is 13.9. The van der Waals surface area contributed by atoms with E-state index in [1.165, 1.54) is 52.0 Å². The van der Waals surface area contributed by atoms with Crippen molar-refractivity contribution in [2.24, 2.45) is 5.73 Å². The molecule has 1 rings (SSSR count). The number of nitrogens with zero attached hydrogens (tertiary/aromatic N) is 2. The van der Waals surface area contributed by atoms with E-state index in [1.54, 1.807) is 0 Å². The summed E-state index contributed by atoms with van der Waals surface area (Å²) in [6.07, 6.45) is 5.38. The summed E-state index contributed by atoms with van der Waals surface area (Å²) < 4.78 is 0. The third-order valence-corrected chi connectivity index (χ3v) is 3.84. The lowest BCUT2D eigenvalue weighted by atomic mass is 9.91. The number of hydrogen-bond acceptors (Lipinski definition) is 3. The predicted molar refractivity (Wildman–Crippen MR) is 70.7 cm³/mol. The highest BCUT2D eigenvalue weighted by molar-refractivity contribution is 4.80. The lowest BCUT2D eigenvalue weighted by Crippen LogP contribution is -2.45. The Morgan fingerprint density at radius 3 is 2.19 bits per heavy atom. The quantitative estimate of drug-likeness (QED) is 0.648. The Morgan fingerprint density at radius 1 is 1.06 bits per heavy atom. The molecule has 1 aliphatic carbocycles. The molecule has 96 valence electrons. The maximum absolute atomic E-state index is 5.61. The number of nitrogens with two attached hydrogens (primary N) is 1. The fourth-order valence-electron chi connectivity index (χ4n) is 2.33. The maximum Gasteiger partial charge on any atom is 0.0112 e. The minimum atomic E-state index is 0.828. The van der Waals surface area contributed by atoms with Gasteiger partial charge in [-0.25, -0.2) is 0 Å². The number of likely N-dealkylation sites (N-methyl/N-ethyl adjacent to an activating group) is 1. The van der Waals surface area contributed by atoms with Crippen molar-refractivity contribution in [3.05, 3.63) is 0 Å². The molecule has 0 bridgehead atoms. The second-order valence-electron chi connectivity index (χ2n) is 4.79. The van der Waals surface area contributed by atoms with Crippen molar-refractivity contribution in [3.63, 3.8) is 0 Å². The molecule has 0 aliphatic heterocycles. The van der Waals surface area contributed by atoms with Gasteiger partial charge in [0, 0.05) is 19.1 Å². The Balaban J connectivity index is 2.25. The minimum absolute atomic E-state index is 0.828. The smallest absolute Gasteiger partial charge is 0.0112 e. The standard InChI is InChI=1S/C13H29N3/c1-3-15(4-2)11-12-16(10-6-9-14)13-7-5-8-13/h13H,3-12,14H2,1-2H3. The molecule has 16 heavy (non-hydrogen) atoms. The zero-order valence-corrected chi connectivity index (χ0v) is 11.1. The van der Waals surface area contributed by atoms with Gasteiger partial charge in [-0.3, -0.25) is 4.90 Å². The van der Waals surface area contributed by atoms with E-state index in [0.717, 1.165) is 19.0 Å². The molecule has 0 radical (unpaired) electrons. The Hall–Kier alpha value is -0.120. The van der Waals surface area contributed by atoms with Crippen molar-refractivity contribution < 1.29 is 0 Å². The molecular weight excluding hydrogens is 198 g/mol. The van der Waals surface area contributed by atoms with Crippen LogP contribution < -0.4 is 5.73 Å². The molecular formula is C13H29N3. The van der Waals surface area contributed by atoms with Gasteiger partial charge >= 0.3 is 0 Å². The van der Waals surface area contributed by atoms with Crippen molar-refractivity contribution in [3.8, 4) is 0 Å². The first-order valence-electron chi connectivity index (χ1n) is 6.98. The molecule has 1 fully saturated rings. The van der Waals surface area contributed by atoms with Crippen LogP contribution in [-0.2, 0) is 0 Å². The summed E-state index contributed by atoms with van der Waals surface area (Å²) >= 11 is 0. The predicted octanol–water partition coefficient (Wildman–Crippen LogP) is 1.53. The van der Waals surface area contributed by atoms with E-state index in [9.17, 15) is 0 Å². The monoisotopic (exact) mass is 227 g/mol. The maximum atomic E-state index is 5.61. The molecule has 0 aromatic rings. The highest BCUT2D eigenvalue weighted by atomic mass is 15.2. The highest BCUT2D eigenvalue weighted by Gasteiger charge is 2.24. The molecule has 0 heterocycles. The molecule has 3 nitrogen and oxygen atoms in total. The van der Waals surface area contributed by atoms with Crippen LogP contribution in [0.2, 0.25) is 0 Å². The van der Waals surface area contributed by atoms with Gasteiger partial charge in [0.1, 0.15) is 0 Å². The average Bonchev–Trinajstić information content (AvgIpc) is 2.24. The largest absolute Gasteiger partial charge is 0.330 e. The highest BCUT2D eigenvalue weighted by Crippen LogP contribution is 2.24. The Kier molecular flexibility index (Phi) is 7.01. The molecule has 0 unspecified atom stereocenters. The van der Waals surface area contributed by atoms with Crippen LogP contribution in [0.1, 0.15) is 39.5 Å². The van der Waals surface area contributed by atoms with Gasteiger partial charge < -0.3 is 10.6 Å². The molecule has 0 saturated heterocycles. The summed E-state index contributed by atoms with van der Waals surface area (Å²) in [5.74, 6) is 0. The van der Waals surface area contributed by atoms with Crippen molar-refractivity contribution in [2.45, 2.75) is 45.6 Å². The third-order valence-electron chi connectivity index (χ3n) is 3.84. The van der Waals surface area contributed by atoms with Crippen molar-refractivity contribution in [1.82, 2.24) is 9.80 Å². The third kappa shape index (κ3) is 4.40. The molecule has 0 amide bonds. The van der Waals surface area contributed by atoms with Crippen LogP contribution in [0.25, 0.3) is 0 Å². The lowest BCUT2D eigenvalue weighted by Gasteiger charge is -2.38. The fraction of sp³-hybridized carbons (Fsp3) is 1.00. The van der Waals surface area contributed by atoms with E-state index in [0.29, 0.717) is 0 Å². The zero-order valence-electron chi connectivity index (χ0n) is 11.1. The van der Waals surface area contributed by atoms with Gasteiger partial charge in [0.05, 0.1) is 0 Å². The fourth-order valence-corrected chi connectivity index (χ4v) is 2.33. The van der Waals surface area contributed by atoms with Gasteiger partial charge in [-0.1, -0.05) is 20.3 Å². The summed E-state index contributed by atoms with van der Waals surface area (Å²) in [4.78, 5) is 5.17. The summed E-state index contributed by atoms with van der Waals surface area (Å²) in [7, 11) is 0. The average molecular weight is 227 g/mol. The molecule has 0 spiro atoms. The van der Waals surface area contributed by atoms with Gasteiger partial charge in [-0.05, 0) is 45.4 Å². The molecule has 0 aromatic heterocycles. The first-order valence-corrected chi connectivity index (χ1v) is 6.98. The van der Waals surface area contributed by atoms with E-state index in [4.69, 9.17) is 5.73 Å². The zero-order chi connectivity index (χ0) is 11.8. The van der Waals surface area contributed by atoms with Crippen LogP contribution in [0.4, 0.5) is 0 Å². The summed E-state index contributed by atoms with van der Waals surface area (Å²) in [5.41, 5.74) is 5.61. The van der Waals surface area contributed by atoms with Crippen LogP contribution >= 0.6 is 0 Å². The van der Waals surface area contributed by atoms with E-state index < -0.39 is 0 Å². The molecule has 0 aromatic carbocycles. The molecule has 1 saturated carbocycles.